The summed E-state index contributed by atoms with van der Waals surface area (Å²) in [5.74, 6) is 0.358. The molecule has 1 amide bonds. The molecule has 0 unspecified atom stereocenters. The van der Waals surface area contributed by atoms with Crippen LogP contribution in [0.3, 0.4) is 0 Å². The van der Waals surface area contributed by atoms with Gasteiger partial charge in [0.25, 0.3) is 5.56 Å². The lowest BCUT2D eigenvalue weighted by Gasteiger charge is -2.24. The predicted molar refractivity (Wildman–Crippen MR) is 145 cm³/mol. The second-order valence-electron chi connectivity index (χ2n) is 9.78. The lowest BCUT2D eigenvalue weighted by molar-refractivity contribution is -0.113. The molecule has 0 bridgehead atoms. The van der Waals surface area contributed by atoms with Crippen LogP contribution in [-0.2, 0) is 4.79 Å². The summed E-state index contributed by atoms with van der Waals surface area (Å²) in [7, 11) is 0. The van der Waals surface area contributed by atoms with E-state index in [4.69, 9.17) is 4.98 Å². The van der Waals surface area contributed by atoms with Crippen molar-refractivity contribution in [1.29, 1.82) is 0 Å². The average Bonchev–Trinajstić information content (AvgIpc) is 3.18. The first-order chi connectivity index (χ1) is 16.8. The number of rotatable bonds is 5. The van der Waals surface area contributed by atoms with Crippen molar-refractivity contribution in [3.05, 3.63) is 74.6 Å². The van der Waals surface area contributed by atoms with E-state index in [1.54, 1.807) is 16.3 Å². The minimum Gasteiger partial charge on any atom is -0.325 e. The molecule has 0 radical (unpaired) electrons. The van der Waals surface area contributed by atoms with Crippen LogP contribution in [0.4, 0.5) is 5.69 Å². The lowest BCUT2D eigenvalue weighted by Crippen LogP contribution is -2.29. The molecule has 1 aliphatic heterocycles. The van der Waals surface area contributed by atoms with E-state index in [0.717, 1.165) is 51.5 Å². The number of thioether (sulfide) groups is 2. The number of nitrogens with zero attached hydrogens (tertiary/aromatic N) is 2. The highest BCUT2D eigenvalue weighted by Gasteiger charge is 2.39. The van der Waals surface area contributed by atoms with Gasteiger partial charge in [-0.05, 0) is 87.1 Å². The Labute approximate surface area is 215 Å². The van der Waals surface area contributed by atoms with E-state index >= 15 is 0 Å². The van der Waals surface area contributed by atoms with Crippen LogP contribution < -0.4 is 10.9 Å². The number of anilines is 1. The highest BCUT2D eigenvalue weighted by molar-refractivity contribution is 8.00. The molecule has 7 heteroatoms. The number of hydrogen-bond donors (Lipinski definition) is 1. The van der Waals surface area contributed by atoms with E-state index in [1.807, 2.05) is 44.2 Å². The van der Waals surface area contributed by atoms with Crippen LogP contribution in [0.2, 0.25) is 0 Å². The summed E-state index contributed by atoms with van der Waals surface area (Å²) in [6, 6.07) is 12.1. The maximum Gasteiger partial charge on any atom is 0.263 e. The smallest absolute Gasteiger partial charge is 0.263 e. The van der Waals surface area contributed by atoms with Gasteiger partial charge in [-0.1, -0.05) is 36.7 Å². The highest BCUT2D eigenvalue weighted by Crippen LogP contribution is 2.50. The van der Waals surface area contributed by atoms with Gasteiger partial charge in [-0.2, -0.15) is 0 Å². The van der Waals surface area contributed by atoms with E-state index in [-0.39, 0.29) is 23.1 Å². The Hall–Kier alpha value is -2.51. The summed E-state index contributed by atoms with van der Waals surface area (Å²) in [4.78, 5) is 31.7. The molecule has 5 rings (SSSR count). The van der Waals surface area contributed by atoms with Crippen LogP contribution in [-0.4, -0.2) is 26.5 Å². The van der Waals surface area contributed by atoms with Crippen molar-refractivity contribution in [3.8, 4) is 5.69 Å². The van der Waals surface area contributed by atoms with Crippen molar-refractivity contribution < 1.29 is 4.79 Å². The summed E-state index contributed by atoms with van der Waals surface area (Å²) < 4.78 is 1.73. The molecule has 1 fully saturated rings. The number of fused-ring (bicyclic) bond motifs is 3. The van der Waals surface area contributed by atoms with Crippen molar-refractivity contribution in [1.82, 2.24) is 9.55 Å². The van der Waals surface area contributed by atoms with Crippen LogP contribution in [0.15, 0.2) is 51.4 Å². The van der Waals surface area contributed by atoms with Gasteiger partial charge in [0.1, 0.15) is 5.03 Å². The number of amides is 1. The van der Waals surface area contributed by atoms with Crippen molar-refractivity contribution in [2.75, 3.05) is 11.1 Å². The summed E-state index contributed by atoms with van der Waals surface area (Å²) in [5.41, 5.74) is 7.03. The van der Waals surface area contributed by atoms with E-state index < -0.39 is 0 Å². The zero-order chi connectivity index (χ0) is 24.7. The van der Waals surface area contributed by atoms with E-state index in [9.17, 15) is 9.59 Å². The van der Waals surface area contributed by atoms with Gasteiger partial charge in [-0.15, -0.1) is 11.8 Å². The molecule has 3 aromatic rings. The van der Waals surface area contributed by atoms with Gasteiger partial charge >= 0.3 is 0 Å². The number of nitrogens with one attached hydrogen (secondary N) is 1. The number of carbonyl (C=O) groups is 1. The first kappa shape index (κ1) is 24.2. The highest BCUT2D eigenvalue weighted by atomic mass is 32.2. The molecule has 1 aromatic heterocycles. The number of aryl methyl sites for hydroxylation is 4. The molecule has 2 aliphatic rings. The van der Waals surface area contributed by atoms with Gasteiger partial charge in [0.15, 0.2) is 5.16 Å². The standard InChI is InChI=1S/C28H31N3O2S2/c1-16-11-17(2)13-20(12-16)29-24(32)15-34-28-30-26-25(22-7-5-6-8-23(22)35-26)27(33)31(28)21-10-9-18(3)19(4)14-21/h9-14,22-23H,5-8,15H2,1-4H3,(H,29,32)/t22-,23-/m1/s1. The van der Waals surface area contributed by atoms with Gasteiger partial charge in [0.2, 0.25) is 5.91 Å². The molecule has 2 aromatic carbocycles. The van der Waals surface area contributed by atoms with Crippen molar-refractivity contribution in [3.63, 3.8) is 0 Å². The second kappa shape index (κ2) is 9.86. The molecule has 2 atom stereocenters. The van der Waals surface area contributed by atoms with E-state index in [1.165, 1.54) is 30.2 Å². The van der Waals surface area contributed by atoms with Gasteiger partial charge in [0, 0.05) is 16.9 Å². The minimum atomic E-state index is -0.109. The average molecular weight is 506 g/mol. The fourth-order valence-electron chi connectivity index (χ4n) is 5.18. The summed E-state index contributed by atoms with van der Waals surface area (Å²) >= 11 is 3.09. The molecule has 1 N–H and O–H groups in total. The Kier molecular flexibility index (Phi) is 6.82. The van der Waals surface area contributed by atoms with Crippen LogP contribution in [0.5, 0.6) is 0 Å². The molecule has 0 spiro atoms. The van der Waals surface area contributed by atoms with Crippen molar-refractivity contribution >= 4 is 35.1 Å². The summed E-state index contributed by atoms with van der Waals surface area (Å²) in [6.07, 6.45) is 4.57. The molecular formula is C28H31N3O2S2. The number of aromatic nitrogens is 2. The normalized spacial score (nSPS) is 18.7. The quantitative estimate of drug-likeness (QED) is 0.249. The van der Waals surface area contributed by atoms with Crippen molar-refractivity contribution in [2.45, 2.75) is 74.7 Å². The van der Waals surface area contributed by atoms with Crippen LogP contribution >= 0.6 is 23.5 Å². The SMILES string of the molecule is Cc1cc(C)cc(NC(=O)CSc2nc3c(c(=O)n2-c2ccc(C)c(C)c2)[C@@H]2CCCC[C@H]2S3)c1. The number of benzene rings is 2. The minimum absolute atomic E-state index is 0.0253. The number of carbonyl (C=O) groups excluding carboxylic acids is 1. The topological polar surface area (TPSA) is 64.0 Å². The zero-order valence-corrected chi connectivity index (χ0v) is 22.3. The largest absolute Gasteiger partial charge is 0.325 e. The van der Waals surface area contributed by atoms with Crippen LogP contribution in [0, 0.1) is 27.7 Å². The van der Waals surface area contributed by atoms with Gasteiger partial charge in [-0.3, -0.25) is 14.2 Å². The van der Waals surface area contributed by atoms with E-state index in [0.29, 0.717) is 10.4 Å². The van der Waals surface area contributed by atoms with Gasteiger partial charge in [-0.25, -0.2) is 4.98 Å². The van der Waals surface area contributed by atoms with Crippen LogP contribution in [0.25, 0.3) is 5.69 Å². The third-order valence-electron chi connectivity index (χ3n) is 6.98. The predicted octanol–water partition coefficient (Wildman–Crippen LogP) is 6.33. The van der Waals surface area contributed by atoms with Crippen LogP contribution in [0.1, 0.15) is 59.4 Å². The monoisotopic (exact) mass is 505 g/mol. The molecule has 35 heavy (non-hydrogen) atoms. The Morgan fingerprint density at radius 2 is 1.80 bits per heavy atom. The van der Waals surface area contributed by atoms with Gasteiger partial charge < -0.3 is 5.32 Å². The zero-order valence-electron chi connectivity index (χ0n) is 20.7. The molecule has 2 heterocycles. The number of hydrogen-bond acceptors (Lipinski definition) is 5. The molecule has 182 valence electrons. The summed E-state index contributed by atoms with van der Waals surface area (Å²) in [6.45, 7) is 8.16. The fourth-order valence-corrected chi connectivity index (χ4v) is 7.55. The maximum absolute atomic E-state index is 13.9. The molecule has 0 saturated heterocycles. The molecule has 1 aliphatic carbocycles. The Bertz CT molecular complexity index is 1340. The molecule has 5 nitrogen and oxygen atoms in total. The third kappa shape index (κ3) is 4.94. The Balaban J connectivity index is 1.48. The maximum atomic E-state index is 13.9. The van der Waals surface area contributed by atoms with Gasteiger partial charge in [0.05, 0.1) is 17.0 Å². The second-order valence-corrected chi connectivity index (χ2v) is 12.0. The van der Waals surface area contributed by atoms with E-state index in [2.05, 4.69) is 25.2 Å². The summed E-state index contributed by atoms with van der Waals surface area (Å²) in [5, 5.41) is 4.89. The lowest BCUT2D eigenvalue weighted by atomic mass is 9.85. The Morgan fingerprint density at radius 3 is 2.54 bits per heavy atom. The molecule has 1 saturated carbocycles. The molecular weight excluding hydrogens is 474 g/mol. The first-order valence-electron chi connectivity index (χ1n) is 12.2. The first-order valence-corrected chi connectivity index (χ1v) is 14.1. The van der Waals surface area contributed by atoms with Crippen molar-refractivity contribution in [2.24, 2.45) is 0 Å². The fraction of sp³-hybridized carbons (Fsp3) is 0.393. The Morgan fingerprint density at radius 1 is 1.06 bits per heavy atom. The third-order valence-corrected chi connectivity index (χ3v) is 9.32.